The lowest BCUT2D eigenvalue weighted by Gasteiger charge is -2.34. The summed E-state index contributed by atoms with van der Waals surface area (Å²) in [6.07, 6.45) is 3.96. The highest BCUT2D eigenvalue weighted by Gasteiger charge is 2.26. The van der Waals surface area contributed by atoms with E-state index < -0.39 is 0 Å². The van der Waals surface area contributed by atoms with Gasteiger partial charge in [0.2, 0.25) is 0 Å². The molecule has 1 aromatic heterocycles. The Labute approximate surface area is 130 Å². The first-order valence-electron chi connectivity index (χ1n) is 7.55. The fourth-order valence-electron chi connectivity index (χ4n) is 2.90. The highest BCUT2D eigenvalue weighted by Crippen LogP contribution is 2.26. The number of hydrogen-bond donors (Lipinski definition) is 2. The molecule has 0 saturated heterocycles. The molecular weight excluding hydrogens is 286 g/mol. The molecule has 1 aromatic rings. The lowest BCUT2D eigenvalue weighted by atomic mass is 9.86. The quantitative estimate of drug-likeness (QED) is 0.897. The van der Waals surface area contributed by atoms with Crippen LogP contribution in [0.3, 0.4) is 0 Å². The number of nitrogens with one attached hydrogen (secondary N) is 1. The van der Waals surface area contributed by atoms with Gasteiger partial charge in [-0.15, -0.1) is 11.3 Å². The van der Waals surface area contributed by atoms with Crippen molar-refractivity contribution in [3.05, 3.63) is 15.6 Å². The average Bonchev–Trinajstić information content (AvgIpc) is 2.82. The molecular formula is C15H25N3O2S. The van der Waals surface area contributed by atoms with E-state index in [0.717, 1.165) is 36.4 Å². The Bertz CT molecular complexity index is 481. The third-order valence-electron chi connectivity index (χ3n) is 4.35. The van der Waals surface area contributed by atoms with Crippen LogP contribution in [0.1, 0.15) is 41.3 Å². The van der Waals surface area contributed by atoms with E-state index in [1.165, 1.54) is 4.88 Å². The Morgan fingerprint density at radius 3 is 2.57 bits per heavy atom. The molecule has 2 amide bonds. The molecule has 1 fully saturated rings. The Morgan fingerprint density at radius 1 is 1.38 bits per heavy atom. The number of carbonyl (C=O) groups excluding carboxylic acids is 1. The SMILES string of the molecule is Cc1nc(CNC(=O)N(C)C2CCC(CO)CC2)c(C)s1. The molecule has 0 atom stereocenters. The molecule has 0 aliphatic heterocycles. The van der Waals surface area contributed by atoms with Crippen LogP contribution in [0.2, 0.25) is 0 Å². The van der Waals surface area contributed by atoms with Gasteiger partial charge in [-0.2, -0.15) is 0 Å². The fourth-order valence-corrected chi connectivity index (χ4v) is 3.74. The summed E-state index contributed by atoms with van der Waals surface area (Å²) in [5, 5.41) is 13.2. The van der Waals surface area contributed by atoms with E-state index in [4.69, 9.17) is 5.11 Å². The first-order chi connectivity index (χ1) is 10.0. The number of urea groups is 1. The van der Waals surface area contributed by atoms with Crippen molar-refractivity contribution in [1.29, 1.82) is 0 Å². The zero-order valence-electron chi connectivity index (χ0n) is 13.1. The van der Waals surface area contributed by atoms with Crippen molar-refractivity contribution < 1.29 is 9.90 Å². The van der Waals surface area contributed by atoms with E-state index in [1.54, 1.807) is 11.3 Å². The molecule has 0 radical (unpaired) electrons. The summed E-state index contributed by atoms with van der Waals surface area (Å²) < 4.78 is 0. The largest absolute Gasteiger partial charge is 0.396 e. The van der Waals surface area contributed by atoms with Crippen LogP contribution >= 0.6 is 11.3 Å². The Kier molecular flexibility index (Phi) is 5.58. The third kappa shape index (κ3) is 4.17. The molecule has 2 rings (SSSR count). The van der Waals surface area contributed by atoms with Crippen molar-refractivity contribution in [2.24, 2.45) is 5.92 Å². The molecule has 6 heteroatoms. The highest BCUT2D eigenvalue weighted by atomic mass is 32.1. The van der Waals surface area contributed by atoms with Crippen LogP contribution < -0.4 is 5.32 Å². The molecule has 0 unspecified atom stereocenters. The lowest BCUT2D eigenvalue weighted by Crippen LogP contribution is -2.45. The zero-order chi connectivity index (χ0) is 15.4. The molecule has 0 bridgehead atoms. The molecule has 0 spiro atoms. The number of thiazole rings is 1. The van der Waals surface area contributed by atoms with E-state index in [2.05, 4.69) is 10.3 Å². The van der Waals surface area contributed by atoms with Crippen LogP contribution in [0.4, 0.5) is 4.79 Å². The van der Waals surface area contributed by atoms with Gasteiger partial charge in [0, 0.05) is 24.6 Å². The van der Waals surface area contributed by atoms with Gasteiger partial charge in [-0.25, -0.2) is 9.78 Å². The maximum atomic E-state index is 12.2. The van der Waals surface area contributed by atoms with Crippen molar-refractivity contribution in [3.8, 4) is 0 Å². The zero-order valence-corrected chi connectivity index (χ0v) is 13.9. The summed E-state index contributed by atoms with van der Waals surface area (Å²) in [6, 6.07) is 0.249. The lowest BCUT2D eigenvalue weighted by molar-refractivity contribution is 0.134. The number of nitrogens with zero attached hydrogens (tertiary/aromatic N) is 2. The molecule has 0 aromatic carbocycles. The number of amides is 2. The fraction of sp³-hybridized carbons (Fsp3) is 0.733. The van der Waals surface area contributed by atoms with Crippen molar-refractivity contribution in [2.75, 3.05) is 13.7 Å². The normalized spacial score (nSPS) is 22.1. The molecule has 1 heterocycles. The van der Waals surface area contributed by atoms with Crippen molar-refractivity contribution in [2.45, 2.75) is 52.1 Å². The van der Waals surface area contributed by atoms with Crippen LogP contribution in [0.25, 0.3) is 0 Å². The van der Waals surface area contributed by atoms with Crippen LogP contribution in [0.5, 0.6) is 0 Å². The number of rotatable bonds is 4. The number of aliphatic hydroxyl groups is 1. The average molecular weight is 311 g/mol. The Hall–Kier alpha value is -1.14. The molecule has 2 N–H and O–H groups in total. The first kappa shape index (κ1) is 16.2. The second-order valence-electron chi connectivity index (χ2n) is 5.86. The number of aromatic nitrogens is 1. The predicted molar refractivity (Wildman–Crippen MR) is 84.4 cm³/mol. The minimum absolute atomic E-state index is 0.0347. The first-order valence-corrected chi connectivity index (χ1v) is 8.37. The molecule has 1 aliphatic carbocycles. The van der Waals surface area contributed by atoms with Gasteiger partial charge in [-0.3, -0.25) is 0 Å². The molecule has 21 heavy (non-hydrogen) atoms. The van der Waals surface area contributed by atoms with E-state index in [0.29, 0.717) is 12.5 Å². The highest BCUT2D eigenvalue weighted by molar-refractivity contribution is 7.11. The van der Waals surface area contributed by atoms with E-state index >= 15 is 0 Å². The van der Waals surface area contributed by atoms with Gasteiger partial charge in [-0.05, 0) is 45.4 Å². The Morgan fingerprint density at radius 2 is 2.05 bits per heavy atom. The maximum absolute atomic E-state index is 12.2. The molecule has 1 aliphatic rings. The molecule has 1 saturated carbocycles. The summed E-state index contributed by atoms with van der Waals surface area (Å²) in [6.45, 7) is 4.77. The number of carbonyl (C=O) groups is 1. The summed E-state index contributed by atoms with van der Waals surface area (Å²) >= 11 is 1.66. The smallest absolute Gasteiger partial charge is 0.317 e. The van der Waals surface area contributed by atoms with Crippen LogP contribution in [-0.4, -0.2) is 40.7 Å². The maximum Gasteiger partial charge on any atom is 0.317 e. The third-order valence-corrected chi connectivity index (χ3v) is 5.28. The van der Waals surface area contributed by atoms with E-state index in [-0.39, 0.29) is 18.7 Å². The number of aliphatic hydroxyl groups excluding tert-OH is 1. The van der Waals surface area contributed by atoms with Gasteiger partial charge in [0.1, 0.15) is 0 Å². The van der Waals surface area contributed by atoms with E-state index in [9.17, 15) is 4.79 Å². The van der Waals surface area contributed by atoms with Crippen molar-refractivity contribution >= 4 is 17.4 Å². The summed E-state index contributed by atoms with van der Waals surface area (Å²) in [5.74, 6) is 0.415. The molecule has 5 nitrogen and oxygen atoms in total. The Balaban J connectivity index is 1.81. The van der Waals surface area contributed by atoms with Gasteiger partial charge in [-0.1, -0.05) is 0 Å². The van der Waals surface area contributed by atoms with Gasteiger partial charge in [0.25, 0.3) is 0 Å². The monoisotopic (exact) mass is 311 g/mol. The van der Waals surface area contributed by atoms with Crippen LogP contribution in [0, 0.1) is 19.8 Å². The van der Waals surface area contributed by atoms with Gasteiger partial charge >= 0.3 is 6.03 Å². The van der Waals surface area contributed by atoms with E-state index in [1.807, 2.05) is 25.8 Å². The molecule has 118 valence electrons. The predicted octanol–water partition coefficient (Wildman–Crippen LogP) is 2.45. The summed E-state index contributed by atoms with van der Waals surface area (Å²) in [4.78, 5) is 19.6. The standard InChI is InChI=1S/C15H25N3O2S/c1-10-14(17-11(2)21-10)8-16-15(20)18(3)13-6-4-12(9-19)5-7-13/h12-13,19H,4-9H2,1-3H3,(H,16,20). The number of aryl methyl sites for hydroxylation is 2. The van der Waals surface area contributed by atoms with Crippen molar-refractivity contribution in [1.82, 2.24) is 15.2 Å². The van der Waals surface area contributed by atoms with Gasteiger partial charge < -0.3 is 15.3 Å². The minimum Gasteiger partial charge on any atom is -0.396 e. The van der Waals surface area contributed by atoms with Crippen molar-refractivity contribution in [3.63, 3.8) is 0 Å². The summed E-state index contributed by atoms with van der Waals surface area (Å²) in [7, 11) is 1.86. The topological polar surface area (TPSA) is 65.5 Å². The van der Waals surface area contributed by atoms with Crippen LogP contribution in [-0.2, 0) is 6.54 Å². The van der Waals surface area contributed by atoms with Gasteiger partial charge in [0.05, 0.1) is 17.2 Å². The number of hydrogen-bond acceptors (Lipinski definition) is 4. The second-order valence-corrected chi connectivity index (χ2v) is 7.27. The van der Waals surface area contributed by atoms with Crippen LogP contribution in [0.15, 0.2) is 0 Å². The summed E-state index contributed by atoms with van der Waals surface area (Å²) in [5.41, 5.74) is 0.961. The second kappa shape index (κ2) is 7.22. The van der Waals surface area contributed by atoms with Gasteiger partial charge in [0.15, 0.2) is 0 Å². The minimum atomic E-state index is -0.0347.